The number of aromatic nitrogens is 4. The number of fused-ring (bicyclic) bond motifs is 1. The van der Waals surface area contributed by atoms with Crippen LogP contribution in [-0.4, -0.2) is 32.2 Å². The summed E-state index contributed by atoms with van der Waals surface area (Å²) in [6.07, 6.45) is 2.24. The van der Waals surface area contributed by atoms with Crippen LogP contribution in [0.2, 0.25) is 0 Å². The smallest absolute Gasteiger partial charge is 0.307 e. The van der Waals surface area contributed by atoms with E-state index < -0.39 is 0 Å². The predicted octanol–water partition coefficient (Wildman–Crippen LogP) is 4.06. The van der Waals surface area contributed by atoms with E-state index in [4.69, 9.17) is 9.47 Å². The molecule has 0 atom stereocenters. The summed E-state index contributed by atoms with van der Waals surface area (Å²) >= 11 is 0. The molecular formula is C25H22N4O3. The van der Waals surface area contributed by atoms with Crippen molar-refractivity contribution in [2.24, 2.45) is 0 Å². The van der Waals surface area contributed by atoms with Gasteiger partial charge in [0.15, 0.2) is 6.61 Å². The van der Waals surface area contributed by atoms with E-state index in [2.05, 4.69) is 26.9 Å². The van der Waals surface area contributed by atoms with Crippen LogP contribution >= 0.6 is 0 Å². The second-order valence-electron chi connectivity index (χ2n) is 7.13. The Morgan fingerprint density at radius 1 is 1.03 bits per heavy atom. The van der Waals surface area contributed by atoms with Crippen LogP contribution in [0.5, 0.6) is 11.5 Å². The van der Waals surface area contributed by atoms with Gasteiger partial charge in [-0.25, -0.2) is 9.50 Å². The molecule has 4 rings (SSSR count). The summed E-state index contributed by atoms with van der Waals surface area (Å²) in [5.74, 6) is 7.63. The Hall–Kier alpha value is -4.18. The van der Waals surface area contributed by atoms with Gasteiger partial charge in [0.05, 0.1) is 0 Å². The summed E-state index contributed by atoms with van der Waals surface area (Å²) in [4.78, 5) is 20.6. The van der Waals surface area contributed by atoms with Gasteiger partial charge >= 0.3 is 5.97 Å². The number of rotatable bonds is 6. The third-order valence-electron chi connectivity index (χ3n) is 4.94. The highest BCUT2D eigenvalue weighted by Crippen LogP contribution is 2.21. The van der Waals surface area contributed by atoms with Crippen LogP contribution in [0.4, 0.5) is 0 Å². The number of hydrogen-bond donors (Lipinski definition) is 0. The zero-order valence-corrected chi connectivity index (χ0v) is 17.9. The van der Waals surface area contributed by atoms with Crippen molar-refractivity contribution in [1.82, 2.24) is 19.6 Å². The monoisotopic (exact) mass is 426 g/mol. The van der Waals surface area contributed by atoms with Crippen LogP contribution in [0.15, 0.2) is 60.9 Å². The first-order valence-corrected chi connectivity index (χ1v) is 10.2. The molecule has 0 spiro atoms. The van der Waals surface area contributed by atoms with Crippen molar-refractivity contribution in [2.75, 3.05) is 6.61 Å². The lowest BCUT2D eigenvalue weighted by molar-refractivity contribution is -0.142. The summed E-state index contributed by atoms with van der Waals surface area (Å²) in [5, 5.41) is 4.16. The van der Waals surface area contributed by atoms with Gasteiger partial charge in [-0.3, -0.25) is 4.79 Å². The van der Waals surface area contributed by atoms with Gasteiger partial charge in [-0.2, -0.15) is 10.1 Å². The SMILES string of the molecule is Cc1nc2ncnn2c(C)c1CCC(=O)OCC#Cc1ccc(Oc2ccccc2)cc1. The quantitative estimate of drug-likeness (QED) is 0.342. The largest absolute Gasteiger partial charge is 0.457 e. The number of hydrogen-bond acceptors (Lipinski definition) is 6. The molecule has 0 bridgehead atoms. The number of esters is 1. The van der Waals surface area contributed by atoms with Crippen LogP contribution in [-0.2, 0) is 16.0 Å². The molecule has 2 aromatic heterocycles. The Bertz CT molecular complexity index is 1290. The molecule has 0 unspecified atom stereocenters. The van der Waals surface area contributed by atoms with Crippen molar-refractivity contribution in [3.05, 3.63) is 83.4 Å². The van der Waals surface area contributed by atoms with Gasteiger partial charge in [0.1, 0.15) is 17.8 Å². The molecule has 0 aliphatic carbocycles. The van der Waals surface area contributed by atoms with E-state index in [0.717, 1.165) is 34.0 Å². The van der Waals surface area contributed by atoms with Gasteiger partial charge in [0.2, 0.25) is 0 Å². The molecule has 7 nitrogen and oxygen atoms in total. The van der Waals surface area contributed by atoms with Crippen molar-refractivity contribution in [3.8, 4) is 23.3 Å². The molecule has 2 heterocycles. The molecule has 0 aliphatic heterocycles. The molecule has 0 aliphatic rings. The molecule has 0 fully saturated rings. The fourth-order valence-electron chi connectivity index (χ4n) is 3.30. The minimum atomic E-state index is -0.302. The molecule has 0 N–H and O–H groups in total. The molecule has 0 saturated heterocycles. The summed E-state index contributed by atoms with van der Waals surface area (Å²) in [5.41, 5.74) is 3.57. The average Bonchev–Trinajstić information content (AvgIpc) is 3.27. The highest BCUT2D eigenvalue weighted by Gasteiger charge is 2.12. The van der Waals surface area contributed by atoms with Crippen molar-refractivity contribution >= 4 is 11.7 Å². The summed E-state index contributed by atoms with van der Waals surface area (Å²) in [7, 11) is 0. The van der Waals surface area contributed by atoms with Gasteiger partial charge < -0.3 is 9.47 Å². The van der Waals surface area contributed by atoms with Crippen molar-refractivity contribution in [1.29, 1.82) is 0 Å². The van der Waals surface area contributed by atoms with Crippen molar-refractivity contribution in [2.45, 2.75) is 26.7 Å². The van der Waals surface area contributed by atoms with Gasteiger partial charge in [-0.05, 0) is 62.2 Å². The van der Waals surface area contributed by atoms with Crippen LogP contribution in [0.25, 0.3) is 5.78 Å². The van der Waals surface area contributed by atoms with Crippen LogP contribution in [0, 0.1) is 25.7 Å². The maximum atomic E-state index is 12.1. The Labute approximate surface area is 186 Å². The second-order valence-corrected chi connectivity index (χ2v) is 7.13. The zero-order valence-electron chi connectivity index (χ0n) is 17.9. The first-order chi connectivity index (χ1) is 15.6. The summed E-state index contributed by atoms with van der Waals surface area (Å²) < 4.78 is 12.7. The molecule has 4 aromatic rings. The van der Waals surface area contributed by atoms with Crippen LogP contribution < -0.4 is 4.74 Å². The molecule has 0 amide bonds. The molecule has 160 valence electrons. The normalized spacial score (nSPS) is 10.4. The molecule has 7 heteroatoms. The van der Waals surface area contributed by atoms with E-state index in [-0.39, 0.29) is 19.0 Å². The van der Waals surface area contributed by atoms with Crippen LogP contribution in [0.1, 0.15) is 28.9 Å². The van der Waals surface area contributed by atoms with Gasteiger partial charge in [0, 0.05) is 23.4 Å². The number of para-hydroxylation sites is 1. The molecule has 2 aromatic carbocycles. The first-order valence-electron chi connectivity index (χ1n) is 10.2. The van der Waals surface area contributed by atoms with E-state index in [9.17, 15) is 4.79 Å². The number of carbonyl (C=O) groups is 1. The van der Waals surface area contributed by atoms with E-state index in [1.807, 2.05) is 68.4 Å². The first kappa shape index (κ1) is 21.1. The van der Waals surface area contributed by atoms with Crippen LogP contribution in [0.3, 0.4) is 0 Å². The molecular weight excluding hydrogens is 404 g/mol. The highest BCUT2D eigenvalue weighted by atomic mass is 16.5. The minimum absolute atomic E-state index is 0.0411. The Kier molecular flexibility index (Phi) is 6.42. The predicted molar refractivity (Wildman–Crippen MR) is 119 cm³/mol. The third-order valence-corrected chi connectivity index (χ3v) is 4.94. The lowest BCUT2D eigenvalue weighted by atomic mass is 10.1. The maximum Gasteiger partial charge on any atom is 0.307 e. The van der Waals surface area contributed by atoms with E-state index >= 15 is 0 Å². The van der Waals surface area contributed by atoms with Gasteiger partial charge in [0.25, 0.3) is 5.78 Å². The fourth-order valence-corrected chi connectivity index (χ4v) is 3.30. The Morgan fingerprint density at radius 2 is 1.78 bits per heavy atom. The highest BCUT2D eigenvalue weighted by molar-refractivity contribution is 5.70. The molecule has 32 heavy (non-hydrogen) atoms. The summed E-state index contributed by atoms with van der Waals surface area (Å²) in [6.45, 7) is 3.89. The number of nitrogens with zero attached hydrogens (tertiary/aromatic N) is 4. The van der Waals surface area contributed by atoms with E-state index in [0.29, 0.717) is 12.2 Å². The molecule has 0 radical (unpaired) electrons. The van der Waals surface area contributed by atoms with Crippen molar-refractivity contribution < 1.29 is 14.3 Å². The van der Waals surface area contributed by atoms with Crippen molar-refractivity contribution in [3.63, 3.8) is 0 Å². The number of benzene rings is 2. The Balaban J connectivity index is 1.26. The summed E-state index contributed by atoms with van der Waals surface area (Å²) in [6, 6.07) is 17.0. The number of carbonyl (C=O) groups excluding carboxylic acids is 1. The third kappa shape index (κ3) is 5.10. The zero-order chi connectivity index (χ0) is 22.3. The maximum absolute atomic E-state index is 12.1. The van der Waals surface area contributed by atoms with Gasteiger partial charge in [-0.15, -0.1) is 0 Å². The number of ether oxygens (including phenoxy) is 2. The topological polar surface area (TPSA) is 78.6 Å². The van der Waals surface area contributed by atoms with Gasteiger partial charge in [-0.1, -0.05) is 30.0 Å². The lowest BCUT2D eigenvalue weighted by Crippen LogP contribution is -2.10. The second kappa shape index (κ2) is 9.75. The van der Waals surface area contributed by atoms with E-state index in [1.54, 1.807) is 4.52 Å². The average molecular weight is 426 g/mol. The molecule has 0 saturated carbocycles. The standard InChI is InChI=1S/C25H22N4O3/c1-18-23(19(2)29-25(28-18)26-17-27-29)14-15-24(30)31-16-6-7-20-10-12-22(13-11-20)32-21-8-4-3-5-9-21/h3-5,8-13,17H,14-16H2,1-2H3. The van der Waals surface area contributed by atoms with E-state index in [1.165, 1.54) is 6.33 Å². The minimum Gasteiger partial charge on any atom is -0.457 e. The Morgan fingerprint density at radius 3 is 2.56 bits per heavy atom. The fraction of sp³-hybridized carbons (Fsp3) is 0.200. The lowest BCUT2D eigenvalue weighted by Gasteiger charge is -2.09. The number of aryl methyl sites for hydroxylation is 2.